The SMILES string of the molecule is CN(C)S(=O)(=O)C[C@@H]1CN(C(=O)c2cc(N)n[nH]2)C[C@H]1O. The van der Waals surface area contributed by atoms with Gasteiger partial charge in [0.1, 0.15) is 11.5 Å². The lowest BCUT2D eigenvalue weighted by atomic mass is 10.1. The molecule has 1 amide bonds. The molecule has 1 aromatic rings. The van der Waals surface area contributed by atoms with Gasteiger partial charge in [0.2, 0.25) is 10.0 Å². The summed E-state index contributed by atoms with van der Waals surface area (Å²) in [4.78, 5) is 13.6. The van der Waals surface area contributed by atoms with E-state index in [1.807, 2.05) is 0 Å². The number of amides is 1. The number of aromatic amines is 1. The van der Waals surface area contributed by atoms with Gasteiger partial charge in [-0.25, -0.2) is 12.7 Å². The first-order valence-electron chi connectivity index (χ1n) is 6.39. The number of nitrogens with one attached hydrogen (secondary N) is 1. The number of carbonyl (C=O) groups is 1. The van der Waals surface area contributed by atoms with Gasteiger partial charge in [0.25, 0.3) is 5.91 Å². The summed E-state index contributed by atoms with van der Waals surface area (Å²) in [6, 6.07) is 1.40. The van der Waals surface area contributed by atoms with E-state index in [1.165, 1.54) is 25.1 Å². The Balaban J connectivity index is 2.06. The Morgan fingerprint density at radius 2 is 2.24 bits per heavy atom. The summed E-state index contributed by atoms with van der Waals surface area (Å²) in [5.41, 5.74) is 5.66. The molecule has 1 aromatic heterocycles. The van der Waals surface area contributed by atoms with Crippen LogP contribution >= 0.6 is 0 Å². The third kappa shape index (κ3) is 3.34. The van der Waals surface area contributed by atoms with Crippen LogP contribution in [0.5, 0.6) is 0 Å². The second-order valence-corrected chi connectivity index (χ2v) is 7.53. The molecule has 10 heteroatoms. The van der Waals surface area contributed by atoms with E-state index in [4.69, 9.17) is 5.73 Å². The molecule has 0 saturated carbocycles. The lowest BCUT2D eigenvalue weighted by Crippen LogP contribution is -2.33. The van der Waals surface area contributed by atoms with Crippen molar-refractivity contribution >= 4 is 21.7 Å². The third-order valence-corrected chi connectivity index (χ3v) is 5.46. The summed E-state index contributed by atoms with van der Waals surface area (Å²) in [5, 5.41) is 16.2. The zero-order valence-corrected chi connectivity index (χ0v) is 12.7. The minimum absolute atomic E-state index is 0.0887. The second kappa shape index (κ2) is 5.62. The molecular formula is C11H19N5O4S. The van der Waals surface area contributed by atoms with E-state index in [0.717, 1.165) is 4.31 Å². The fourth-order valence-corrected chi connectivity index (χ4v) is 3.39. The second-order valence-electron chi connectivity index (χ2n) is 5.30. The van der Waals surface area contributed by atoms with Gasteiger partial charge in [0.05, 0.1) is 11.9 Å². The van der Waals surface area contributed by atoms with E-state index >= 15 is 0 Å². The van der Waals surface area contributed by atoms with Crippen molar-refractivity contribution in [1.29, 1.82) is 0 Å². The van der Waals surface area contributed by atoms with E-state index in [1.54, 1.807) is 0 Å². The molecule has 0 aromatic carbocycles. The van der Waals surface area contributed by atoms with Gasteiger partial charge >= 0.3 is 0 Å². The summed E-state index contributed by atoms with van der Waals surface area (Å²) in [6.45, 7) is 0.261. The molecule has 4 N–H and O–H groups in total. The molecular weight excluding hydrogens is 298 g/mol. The quantitative estimate of drug-likeness (QED) is 0.607. The van der Waals surface area contributed by atoms with Crippen LogP contribution in [0.1, 0.15) is 10.5 Å². The minimum Gasteiger partial charge on any atom is -0.391 e. The van der Waals surface area contributed by atoms with E-state index in [-0.39, 0.29) is 36.3 Å². The smallest absolute Gasteiger partial charge is 0.272 e. The molecule has 118 valence electrons. The molecule has 1 aliphatic rings. The molecule has 0 spiro atoms. The lowest BCUT2D eigenvalue weighted by Gasteiger charge is -2.17. The first kappa shape index (κ1) is 15.7. The molecule has 0 aliphatic carbocycles. The van der Waals surface area contributed by atoms with E-state index in [2.05, 4.69) is 10.2 Å². The maximum Gasteiger partial charge on any atom is 0.272 e. The van der Waals surface area contributed by atoms with Crippen molar-refractivity contribution in [3.63, 3.8) is 0 Å². The molecule has 0 radical (unpaired) electrons. The summed E-state index contributed by atoms with van der Waals surface area (Å²) < 4.78 is 24.8. The van der Waals surface area contributed by atoms with Crippen molar-refractivity contribution in [3.8, 4) is 0 Å². The van der Waals surface area contributed by atoms with Crippen LogP contribution in [0.3, 0.4) is 0 Å². The number of anilines is 1. The summed E-state index contributed by atoms with van der Waals surface area (Å²) in [6.07, 6.45) is -0.871. The van der Waals surface area contributed by atoms with Crippen molar-refractivity contribution in [2.24, 2.45) is 5.92 Å². The number of nitrogen functional groups attached to an aromatic ring is 1. The van der Waals surface area contributed by atoms with Crippen molar-refractivity contribution < 1.29 is 18.3 Å². The summed E-state index contributed by atoms with van der Waals surface area (Å²) in [5.74, 6) is -0.870. The van der Waals surface area contributed by atoms with Gasteiger partial charge in [0, 0.05) is 39.2 Å². The lowest BCUT2D eigenvalue weighted by molar-refractivity contribution is 0.0759. The number of rotatable bonds is 4. The van der Waals surface area contributed by atoms with Crippen LogP contribution in [0, 0.1) is 5.92 Å². The number of aliphatic hydroxyl groups is 1. The molecule has 1 aliphatic heterocycles. The number of H-pyrrole nitrogens is 1. The number of nitrogens with zero attached hydrogens (tertiary/aromatic N) is 3. The Morgan fingerprint density at radius 1 is 1.57 bits per heavy atom. The minimum atomic E-state index is -3.43. The van der Waals surface area contributed by atoms with E-state index in [0.29, 0.717) is 0 Å². The van der Waals surface area contributed by atoms with E-state index < -0.39 is 22.0 Å². The van der Waals surface area contributed by atoms with Crippen molar-refractivity contribution in [2.75, 3.05) is 38.7 Å². The molecule has 21 heavy (non-hydrogen) atoms. The normalized spacial score (nSPS) is 23.0. The highest BCUT2D eigenvalue weighted by Crippen LogP contribution is 2.21. The Hall–Kier alpha value is -1.65. The van der Waals surface area contributed by atoms with Gasteiger partial charge in [-0.2, -0.15) is 5.10 Å². The Morgan fingerprint density at radius 3 is 2.76 bits per heavy atom. The highest BCUT2D eigenvalue weighted by Gasteiger charge is 2.37. The molecule has 9 nitrogen and oxygen atoms in total. The number of hydrogen-bond donors (Lipinski definition) is 3. The Kier molecular flexibility index (Phi) is 4.21. The van der Waals surface area contributed by atoms with Gasteiger partial charge in [-0.15, -0.1) is 0 Å². The number of aliphatic hydroxyl groups excluding tert-OH is 1. The monoisotopic (exact) mass is 317 g/mol. The van der Waals surface area contributed by atoms with Gasteiger partial charge in [-0.05, 0) is 0 Å². The Labute approximate surface area is 122 Å². The summed E-state index contributed by atoms with van der Waals surface area (Å²) >= 11 is 0. The van der Waals surface area contributed by atoms with Gasteiger partial charge < -0.3 is 15.7 Å². The zero-order chi connectivity index (χ0) is 15.8. The van der Waals surface area contributed by atoms with E-state index in [9.17, 15) is 18.3 Å². The average Bonchev–Trinajstić information content (AvgIpc) is 2.95. The maximum absolute atomic E-state index is 12.2. The average molecular weight is 317 g/mol. The fraction of sp³-hybridized carbons (Fsp3) is 0.636. The zero-order valence-electron chi connectivity index (χ0n) is 11.9. The molecule has 1 fully saturated rings. The standard InChI is InChI=1S/C11H19N5O4S/c1-15(2)21(19,20)6-7-4-16(5-9(7)17)11(18)8-3-10(12)14-13-8/h3,7,9,17H,4-6H2,1-2H3,(H3,12,13,14)/t7-,9+/m0/s1. The number of hydrogen-bond acceptors (Lipinski definition) is 6. The topological polar surface area (TPSA) is 133 Å². The van der Waals surface area contributed by atoms with Crippen LogP contribution in [0.2, 0.25) is 0 Å². The molecule has 2 rings (SSSR count). The van der Waals surface area contributed by atoms with Crippen molar-refractivity contribution in [3.05, 3.63) is 11.8 Å². The molecule has 0 bridgehead atoms. The number of sulfonamides is 1. The number of carbonyl (C=O) groups excluding carboxylic acids is 1. The van der Waals surface area contributed by atoms with Crippen molar-refractivity contribution in [2.45, 2.75) is 6.10 Å². The number of likely N-dealkylation sites (tertiary alicyclic amines) is 1. The van der Waals surface area contributed by atoms with Crippen LogP contribution in [0.15, 0.2) is 6.07 Å². The number of nitrogens with two attached hydrogens (primary N) is 1. The highest BCUT2D eigenvalue weighted by atomic mass is 32.2. The molecule has 1 saturated heterocycles. The largest absolute Gasteiger partial charge is 0.391 e. The number of aromatic nitrogens is 2. The van der Waals surface area contributed by atoms with Gasteiger partial charge in [0.15, 0.2) is 0 Å². The van der Waals surface area contributed by atoms with Gasteiger partial charge in [-0.1, -0.05) is 0 Å². The predicted octanol–water partition coefficient (Wildman–Crippen LogP) is -1.68. The van der Waals surface area contributed by atoms with Crippen molar-refractivity contribution in [1.82, 2.24) is 19.4 Å². The highest BCUT2D eigenvalue weighted by molar-refractivity contribution is 7.89. The van der Waals surface area contributed by atoms with Crippen LogP contribution < -0.4 is 5.73 Å². The fourth-order valence-electron chi connectivity index (χ4n) is 2.22. The van der Waals surface area contributed by atoms with Gasteiger partial charge in [-0.3, -0.25) is 9.89 Å². The maximum atomic E-state index is 12.2. The third-order valence-electron chi connectivity index (χ3n) is 3.50. The Bertz CT molecular complexity index is 626. The van der Waals surface area contributed by atoms with Crippen LogP contribution in [-0.2, 0) is 10.0 Å². The predicted molar refractivity (Wildman–Crippen MR) is 75.9 cm³/mol. The van der Waals surface area contributed by atoms with Crippen LogP contribution in [0.25, 0.3) is 0 Å². The molecule has 2 heterocycles. The first-order chi connectivity index (χ1) is 9.70. The van der Waals surface area contributed by atoms with Crippen LogP contribution in [-0.4, -0.2) is 77.9 Å². The molecule has 0 unspecified atom stereocenters. The number of β-amino-alcohol motifs (C(OH)–C–C–N with tert-alkyl or cyclic N) is 1. The van der Waals surface area contributed by atoms with Crippen LogP contribution in [0.4, 0.5) is 5.82 Å². The molecule has 2 atom stereocenters. The first-order valence-corrected chi connectivity index (χ1v) is 8.00. The summed E-state index contributed by atoms with van der Waals surface area (Å²) in [7, 11) is -0.554.